The maximum Gasteiger partial charge on any atom is 0.338 e. The molecule has 0 saturated heterocycles. The van der Waals surface area contributed by atoms with Gasteiger partial charge in [0.15, 0.2) is 0 Å². The Morgan fingerprint density at radius 2 is 1.83 bits per heavy atom. The molecule has 0 unspecified atom stereocenters. The number of rotatable bonds is 7. The first kappa shape index (κ1) is 19.3. The van der Waals surface area contributed by atoms with E-state index in [4.69, 9.17) is 4.74 Å². The molecule has 2 aromatic rings. The van der Waals surface area contributed by atoms with E-state index < -0.39 is 0 Å². The van der Waals surface area contributed by atoms with Gasteiger partial charge in [0.05, 0.1) is 35.8 Å². The van der Waals surface area contributed by atoms with E-state index in [1.165, 1.54) is 32.1 Å². The van der Waals surface area contributed by atoms with E-state index in [0.717, 1.165) is 40.7 Å². The molecule has 6 rings (SSSR count). The van der Waals surface area contributed by atoms with Crippen LogP contribution in [-0.2, 0) is 11.3 Å². The molecular formula is C24H30N4O2. The molecule has 1 heterocycles. The van der Waals surface area contributed by atoms with Crippen LogP contribution in [0.15, 0.2) is 36.8 Å². The molecule has 1 aromatic heterocycles. The largest absolute Gasteiger partial charge is 0.462 e. The smallest absolute Gasteiger partial charge is 0.338 e. The molecule has 30 heavy (non-hydrogen) atoms. The number of aromatic nitrogens is 2. The molecule has 4 saturated carbocycles. The van der Waals surface area contributed by atoms with Gasteiger partial charge in [-0.25, -0.2) is 14.8 Å². The Morgan fingerprint density at radius 3 is 2.50 bits per heavy atom. The fraction of sp³-hybridized carbons (Fsp3) is 0.542. The number of hydrogen-bond donors (Lipinski definition) is 2. The minimum Gasteiger partial charge on any atom is -0.462 e. The Hall–Kier alpha value is -2.63. The molecule has 0 radical (unpaired) electrons. The average Bonchev–Trinajstić information content (AvgIpc) is 2.75. The number of esters is 1. The zero-order chi connectivity index (χ0) is 20.5. The second-order valence-corrected chi connectivity index (χ2v) is 9.14. The van der Waals surface area contributed by atoms with Gasteiger partial charge in [-0.15, -0.1) is 0 Å². The molecule has 1 aromatic carbocycles. The van der Waals surface area contributed by atoms with Crippen molar-refractivity contribution in [2.75, 3.05) is 17.2 Å². The minimum atomic E-state index is -0.288. The lowest BCUT2D eigenvalue weighted by atomic mass is 9.54. The maximum absolute atomic E-state index is 12.3. The zero-order valence-corrected chi connectivity index (χ0v) is 17.5. The summed E-state index contributed by atoms with van der Waals surface area (Å²) in [6.45, 7) is 2.77. The molecule has 4 fully saturated rings. The summed E-state index contributed by atoms with van der Waals surface area (Å²) in [6.07, 6.45) is 10.2. The Balaban J connectivity index is 1.38. The van der Waals surface area contributed by atoms with Gasteiger partial charge in [0.25, 0.3) is 0 Å². The topological polar surface area (TPSA) is 76.1 Å². The molecule has 0 atom stereocenters. The number of carbonyl (C=O) groups excluding carboxylic acids is 1. The highest BCUT2D eigenvalue weighted by Crippen LogP contribution is 2.54. The van der Waals surface area contributed by atoms with Crippen molar-refractivity contribution in [1.82, 2.24) is 9.97 Å². The van der Waals surface area contributed by atoms with Gasteiger partial charge in [-0.2, -0.15) is 0 Å². The summed E-state index contributed by atoms with van der Waals surface area (Å²) in [5.74, 6) is 3.17. The highest BCUT2D eigenvalue weighted by molar-refractivity contribution is 5.92. The van der Waals surface area contributed by atoms with Crippen LogP contribution in [0.2, 0.25) is 0 Å². The summed E-state index contributed by atoms with van der Waals surface area (Å²) in [6, 6.07) is 8.22. The van der Waals surface area contributed by atoms with Gasteiger partial charge in [-0.3, -0.25) is 0 Å². The van der Waals surface area contributed by atoms with Crippen molar-refractivity contribution in [1.29, 1.82) is 0 Å². The van der Waals surface area contributed by atoms with E-state index in [1.54, 1.807) is 12.5 Å². The molecule has 6 heteroatoms. The van der Waals surface area contributed by atoms with Crippen molar-refractivity contribution >= 4 is 17.3 Å². The number of ether oxygens (including phenoxy) is 1. The molecule has 0 spiro atoms. The second-order valence-electron chi connectivity index (χ2n) is 9.14. The number of anilines is 2. The molecule has 4 bridgehead atoms. The van der Waals surface area contributed by atoms with Crippen LogP contribution in [0, 0.1) is 23.7 Å². The van der Waals surface area contributed by atoms with E-state index in [9.17, 15) is 4.79 Å². The summed E-state index contributed by atoms with van der Waals surface area (Å²) < 4.78 is 5.21. The second kappa shape index (κ2) is 8.25. The van der Waals surface area contributed by atoms with Crippen molar-refractivity contribution in [3.05, 3.63) is 48.0 Å². The molecular weight excluding hydrogens is 376 g/mol. The first-order valence-electron chi connectivity index (χ1n) is 11.3. The highest BCUT2D eigenvalue weighted by atomic mass is 16.5. The third-order valence-corrected chi connectivity index (χ3v) is 7.18. The van der Waals surface area contributed by atoms with Crippen molar-refractivity contribution in [3.8, 4) is 0 Å². The van der Waals surface area contributed by atoms with E-state index in [-0.39, 0.29) is 5.97 Å². The van der Waals surface area contributed by atoms with Crippen LogP contribution in [0.25, 0.3) is 0 Å². The van der Waals surface area contributed by atoms with Crippen LogP contribution >= 0.6 is 0 Å². The quantitative estimate of drug-likeness (QED) is 0.659. The summed E-state index contributed by atoms with van der Waals surface area (Å²) >= 11 is 0. The van der Waals surface area contributed by atoms with Gasteiger partial charge in [-0.05, 0) is 87.0 Å². The Bertz CT molecular complexity index is 873. The average molecular weight is 407 g/mol. The fourth-order valence-electron chi connectivity index (χ4n) is 6.11. The summed E-state index contributed by atoms with van der Waals surface area (Å²) in [5.41, 5.74) is 3.47. The van der Waals surface area contributed by atoms with Gasteiger partial charge < -0.3 is 15.4 Å². The van der Waals surface area contributed by atoms with Crippen LogP contribution in [0.5, 0.6) is 0 Å². The van der Waals surface area contributed by atoms with Crippen molar-refractivity contribution in [2.24, 2.45) is 23.7 Å². The van der Waals surface area contributed by atoms with Gasteiger partial charge >= 0.3 is 5.97 Å². The van der Waals surface area contributed by atoms with E-state index >= 15 is 0 Å². The fourth-order valence-corrected chi connectivity index (χ4v) is 6.11. The molecule has 6 nitrogen and oxygen atoms in total. The number of carbonyl (C=O) groups is 1. The molecule has 0 amide bonds. The van der Waals surface area contributed by atoms with E-state index in [0.29, 0.717) is 24.8 Å². The molecule has 158 valence electrons. The van der Waals surface area contributed by atoms with Crippen LogP contribution in [0.3, 0.4) is 0 Å². The third-order valence-electron chi connectivity index (χ3n) is 7.18. The molecule has 2 N–H and O–H groups in total. The summed E-state index contributed by atoms with van der Waals surface area (Å²) in [4.78, 5) is 20.6. The Kier molecular flexibility index (Phi) is 5.32. The lowest BCUT2D eigenvalue weighted by Crippen LogP contribution is -2.51. The van der Waals surface area contributed by atoms with Gasteiger partial charge in [0, 0.05) is 12.2 Å². The minimum absolute atomic E-state index is 0.288. The Morgan fingerprint density at radius 1 is 1.07 bits per heavy atom. The van der Waals surface area contributed by atoms with Crippen LogP contribution < -0.4 is 10.6 Å². The van der Waals surface area contributed by atoms with E-state index in [2.05, 4.69) is 20.6 Å². The number of hydrogen-bond acceptors (Lipinski definition) is 6. The van der Waals surface area contributed by atoms with Gasteiger partial charge in [0.1, 0.15) is 6.33 Å². The molecule has 0 aliphatic heterocycles. The number of nitrogens with zero attached hydrogens (tertiary/aromatic N) is 2. The summed E-state index contributed by atoms with van der Waals surface area (Å²) in [5, 5.41) is 7.36. The number of benzene rings is 1. The van der Waals surface area contributed by atoms with Gasteiger partial charge in [0.2, 0.25) is 0 Å². The van der Waals surface area contributed by atoms with Crippen molar-refractivity contribution in [3.63, 3.8) is 0 Å². The van der Waals surface area contributed by atoms with E-state index in [1.807, 2.05) is 31.2 Å². The standard InChI is InChI=1S/C24H30N4O2/c1-2-30-24(29)17-3-4-21(22(12-17)26-13-20-5-6-25-14-27-20)28-23-18-8-15-7-16(10-18)11-19(23)9-15/h3-6,12,14-16,18-19,23,26,28H,2,7-11,13H2,1H3. The SMILES string of the molecule is CCOC(=O)c1ccc(NC2C3CC4CC(C3)CC2C4)c(NCc2ccncn2)c1. The molecule has 4 aliphatic carbocycles. The van der Waals surface area contributed by atoms with Crippen molar-refractivity contribution in [2.45, 2.75) is 51.6 Å². The molecule has 4 aliphatic rings. The monoisotopic (exact) mass is 406 g/mol. The first-order valence-corrected chi connectivity index (χ1v) is 11.3. The first-order chi connectivity index (χ1) is 14.7. The predicted molar refractivity (Wildman–Crippen MR) is 116 cm³/mol. The lowest BCUT2D eigenvalue weighted by molar-refractivity contribution is 0.00756. The predicted octanol–water partition coefficient (Wildman–Crippen LogP) is 4.50. The van der Waals surface area contributed by atoms with Crippen LogP contribution in [0.1, 0.15) is 55.1 Å². The number of nitrogens with one attached hydrogen (secondary N) is 2. The third kappa shape index (κ3) is 3.87. The van der Waals surface area contributed by atoms with Crippen LogP contribution in [0.4, 0.5) is 11.4 Å². The summed E-state index contributed by atoms with van der Waals surface area (Å²) in [7, 11) is 0. The maximum atomic E-state index is 12.3. The normalized spacial score (nSPS) is 28.9. The Labute approximate surface area is 177 Å². The lowest BCUT2D eigenvalue weighted by Gasteiger charge is -2.54. The van der Waals surface area contributed by atoms with Crippen LogP contribution in [-0.4, -0.2) is 28.6 Å². The van der Waals surface area contributed by atoms with Gasteiger partial charge in [-0.1, -0.05) is 0 Å². The highest BCUT2D eigenvalue weighted by Gasteiger charge is 2.48. The van der Waals surface area contributed by atoms with Crippen molar-refractivity contribution < 1.29 is 9.53 Å². The zero-order valence-electron chi connectivity index (χ0n) is 17.5.